The summed E-state index contributed by atoms with van der Waals surface area (Å²) in [6.45, 7) is 6.43. The van der Waals surface area contributed by atoms with Crippen LogP contribution in [0, 0.1) is 0 Å². The molecule has 1 aromatic heterocycles. The Kier molecular flexibility index (Phi) is 3.93. The van der Waals surface area contributed by atoms with E-state index >= 15 is 0 Å². The van der Waals surface area contributed by atoms with E-state index in [0.717, 1.165) is 18.4 Å². The molecule has 0 spiro atoms. The third kappa shape index (κ3) is 2.65. The van der Waals surface area contributed by atoms with Gasteiger partial charge in [0.25, 0.3) is 0 Å². The number of carboxylic acid groups (broad SMARTS) is 1. The van der Waals surface area contributed by atoms with Crippen molar-refractivity contribution in [2.24, 2.45) is 0 Å². The average Bonchev–Trinajstić information content (AvgIpc) is 2.74. The second kappa shape index (κ2) is 5.47. The zero-order valence-electron chi connectivity index (χ0n) is 11.8. The third-order valence-corrected chi connectivity index (χ3v) is 3.52. The monoisotopic (exact) mass is 259 g/mol. The molecule has 0 saturated carbocycles. The summed E-state index contributed by atoms with van der Waals surface area (Å²) in [5, 5.41) is 10.3. The number of hydrogen-bond acceptors (Lipinski definition) is 1. The maximum absolute atomic E-state index is 11.1. The molecule has 0 amide bonds. The van der Waals surface area contributed by atoms with Crippen LogP contribution in [0.3, 0.4) is 0 Å². The first-order chi connectivity index (χ1) is 9.04. The van der Waals surface area contributed by atoms with Crippen LogP contribution in [-0.4, -0.2) is 15.6 Å². The Morgan fingerprint density at radius 3 is 2.68 bits per heavy atom. The number of carboxylic acids is 1. The van der Waals surface area contributed by atoms with E-state index in [1.807, 2.05) is 6.07 Å². The van der Waals surface area contributed by atoms with Crippen molar-refractivity contribution in [3.8, 4) is 0 Å². The van der Waals surface area contributed by atoms with Crippen LogP contribution in [0.25, 0.3) is 10.9 Å². The molecule has 19 heavy (non-hydrogen) atoms. The highest BCUT2D eigenvalue weighted by atomic mass is 16.4. The number of unbranched alkanes of at least 4 members (excludes halogenated alkanes) is 1. The molecule has 0 atom stereocenters. The molecule has 1 aromatic carbocycles. The molecule has 0 bridgehead atoms. The Bertz CT molecular complexity index is 596. The predicted molar refractivity (Wildman–Crippen MR) is 77.9 cm³/mol. The highest BCUT2D eigenvalue weighted by Gasteiger charge is 2.12. The maximum atomic E-state index is 11.1. The predicted octanol–water partition coefficient (Wildman–Crippen LogP) is 4.26. The Morgan fingerprint density at radius 2 is 2.11 bits per heavy atom. The zero-order valence-corrected chi connectivity index (χ0v) is 11.8. The lowest BCUT2D eigenvalue weighted by Crippen LogP contribution is -2.00. The van der Waals surface area contributed by atoms with Gasteiger partial charge in [0.05, 0.1) is 5.56 Å². The van der Waals surface area contributed by atoms with E-state index in [1.165, 1.54) is 17.4 Å². The van der Waals surface area contributed by atoms with Crippen LogP contribution in [0.2, 0.25) is 0 Å². The number of fused-ring (bicyclic) bond motifs is 1. The van der Waals surface area contributed by atoms with Gasteiger partial charge in [-0.15, -0.1) is 0 Å². The highest BCUT2D eigenvalue weighted by molar-refractivity contribution is 5.94. The molecule has 1 heterocycles. The summed E-state index contributed by atoms with van der Waals surface area (Å²) in [7, 11) is 0. The molecule has 0 aliphatic carbocycles. The Balaban J connectivity index is 2.57. The van der Waals surface area contributed by atoms with Crippen molar-refractivity contribution < 1.29 is 9.90 Å². The third-order valence-electron chi connectivity index (χ3n) is 3.52. The van der Waals surface area contributed by atoms with Crippen LogP contribution in [0.15, 0.2) is 24.4 Å². The van der Waals surface area contributed by atoms with Gasteiger partial charge in [-0.2, -0.15) is 0 Å². The normalized spacial score (nSPS) is 11.4. The minimum Gasteiger partial charge on any atom is -0.478 e. The highest BCUT2D eigenvalue weighted by Crippen LogP contribution is 2.27. The Labute approximate surface area is 113 Å². The van der Waals surface area contributed by atoms with E-state index < -0.39 is 5.97 Å². The fourth-order valence-electron chi connectivity index (χ4n) is 2.45. The van der Waals surface area contributed by atoms with Crippen LogP contribution in [-0.2, 0) is 6.42 Å². The van der Waals surface area contributed by atoms with Crippen molar-refractivity contribution in [1.82, 2.24) is 4.57 Å². The van der Waals surface area contributed by atoms with Gasteiger partial charge >= 0.3 is 5.97 Å². The number of nitrogens with zero attached hydrogens (tertiary/aromatic N) is 1. The van der Waals surface area contributed by atoms with Gasteiger partial charge in [-0.1, -0.05) is 19.4 Å². The average molecular weight is 259 g/mol. The van der Waals surface area contributed by atoms with Crippen molar-refractivity contribution >= 4 is 16.9 Å². The molecule has 2 aromatic rings. The first kappa shape index (κ1) is 13.7. The molecule has 2 rings (SSSR count). The summed E-state index contributed by atoms with van der Waals surface area (Å²) >= 11 is 0. The van der Waals surface area contributed by atoms with E-state index in [9.17, 15) is 4.79 Å². The minimum atomic E-state index is -0.867. The Morgan fingerprint density at radius 1 is 1.37 bits per heavy atom. The largest absolute Gasteiger partial charge is 0.478 e. The summed E-state index contributed by atoms with van der Waals surface area (Å²) in [5.41, 5.74) is 2.71. The molecular weight excluding hydrogens is 238 g/mol. The van der Waals surface area contributed by atoms with Crippen molar-refractivity contribution in [2.45, 2.75) is 46.1 Å². The summed E-state index contributed by atoms with van der Waals surface area (Å²) in [5.74, 6) is -0.867. The Hall–Kier alpha value is -1.77. The molecule has 3 heteroatoms. The number of benzene rings is 1. The molecule has 0 fully saturated rings. The van der Waals surface area contributed by atoms with Crippen LogP contribution in [0.4, 0.5) is 0 Å². The van der Waals surface area contributed by atoms with Crippen molar-refractivity contribution in [1.29, 1.82) is 0 Å². The number of aryl methyl sites for hydroxylation is 1. The number of rotatable bonds is 5. The van der Waals surface area contributed by atoms with Crippen molar-refractivity contribution in [3.05, 3.63) is 35.5 Å². The van der Waals surface area contributed by atoms with Crippen LogP contribution < -0.4 is 0 Å². The lowest BCUT2D eigenvalue weighted by molar-refractivity contribution is 0.0697. The van der Waals surface area contributed by atoms with E-state index in [2.05, 4.69) is 31.5 Å². The molecule has 3 nitrogen and oxygen atoms in total. The molecule has 0 radical (unpaired) electrons. The molecular formula is C16H21NO2. The molecule has 1 N–H and O–H groups in total. The van der Waals surface area contributed by atoms with E-state index in [-0.39, 0.29) is 0 Å². The van der Waals surface area contributed by atoms with Gasteiger partial charge in [-0.3, -0.25) is 0 Å². The van der Waals surface area contributed by atoms with Gasteiger partial charge in [0, 0.05) is 23.1 Å². The summed E-state index contributed by atoms with van der Waals surface area (Å²) in [4.78, 5) is 11.1. The molecule has 102 valence electrons. The van der Waals surface area contributed by atoms with Gasteiger partial charge in [0.15, 0.2) is 0 Å². The summed E-state index contributed by atoms with van der Waals surface area (Å²) in [6, 6.07) is 5.77. The maximum Gasteiger partial charge on any atom is 0.335 e. The quantitative estimate of drug-likeness (QED) is 0.871. The molecule has 0 aliphatic heterocycles. The fraction of sp³-hybridized carbons (Fsp3) is 0.438. The minimum absolute atomic E-state index is 0.335. The molecule has 0 unspecified atom stereocenters. The van der Waals surface area contributed by atoms with Gasteiger partial charge in [0.2, 0.25) is 0 Å². The van der Waals surface area contributed by atoms with E-state index in [4.69, 9.17) is 5.11 Å². The standard InChI is InChI=1S/C16H21NO2/c1-4-5-6-13-10-17(11(2)3)15-9-12(16(18)19)7-8-14(13)15/h7-11H,4-6H2,1-3H3,(H,18,19). The van der Waals surface area contributed by atoms with Crippen LogP contribution in [0.1, 0.15) is 55.6 Å². The van der Waals surface area contributed by atoms with Gasteiger partial charge < -0.3 is 9.67 Å². The number of hydrogen-bond donors (Lipinski definition) is 1. The smallest absolute Gasteiger partial charge is 0.335 e. The first-order valence-electron chi connectivity index (χ1n) is 6.91. The second-order valence-corrected chi connectivity index (χ2v) is 5.30. The lowest BCUT2D eigenvalue weighted by Gasteiger charge is -2.09. The van der Waals surface area contributed by atoms with E-state index in [1.54, 1.807) is 12.1 Å². The topological polar surface area (TPSA) is 42.2 Å². The molecule has 0 aliphatic rings. The summed E-state index contributed by atoms with van der Waals surface area (Å²) < 4.78 is 2.17. The summed E-state index contributed by atoms with van der Waals surface area (Å²) in [6.07, 6.45) is 5.56. The zero-order chi connectivity index (χ0) is 14.0. The number of aromatic nitrogens is 1. The van der Waals surface area contributed by atoms with Crippen LogP contribution >= 0.6 is 0 Å². The van der Waals surface area contributed by atoms with Crippen LogP contribution in [0.5, 0.6) is 0 Å². The van der Waals surface area contributed by atoms with Gasteiger partial charge in [0.1, 0.15) is 0 Å². The molecule has 0 saturated heterocycles. The fourth-order valence-corrected chi connectivity index (χ4v) is 2.45. The first-order valence-corrected chi connectivity index (χ1v) is 6.91. The van der Waals surface area contributed by atoms with Crippen molar-refractivity contribution in [3.63, 3.8) is 0 Å². The number of carbonyl (C=O) groups is 1. The SMILES string of the molecule is CCCCc1cn(C(C)C)c2cc(C(=O)O)ccc12. The van der Waals surface area contributed by atoms with Gasteiger partial charge in [-0.25, -0.2) is 4.79 Å². The number of aromatic carboxylic acids is 1. The second-order valence-electron chi connectivity index (χ2n) is 5.30. The van der Waals surface area contributed by atoms with Gasteiger partial charge in [-0.05, 0) is 44.4 Å². The lowest BCUT2D eigenvalue weighted by atomic mass is 10.1. The van der Waals surface area contributed by atoms with Crippen molar-refractivity contribution in [2.75, 3.05) is 0 Å². The van der Waals surface area contributed by atoms with E-state index in [0.29, 0.717) is 11.6 Å².